The minimum atomic E-state index is -0.317. The molecule has 0 unspecified atom stereocenters. The van der Waals surface area contributed by atoms with E-state index < -0.39 is 0 Å². The van der Waals surface area contributed by atoms with Gasteiger partial charge in [0.05, 0.1) is 17.9 Å². The van der Waals surface area contributed by atoms with E-state index in [2.05, 4.69) is 57.3 Å². The predicted octanol–water partition coefficient (Wildman–Crippen LogP) is 4.85. The normalized spacial score (nSPS) is 11.0. The third-order valence-corrected chi connectivity index (χ3v) is 4.44. The van der Waals surface area contributed by atoms with E-state index in [0.717, 1.165) is 23.1 Å². The quantitative estimate of drug-likeness (QED) is 0.480. The van der Waals surface area contributed by atoms with Gasteiger partial charge in [0.1, 0.15) is 5.75 Å². The maximum absolute atomic E-state index is 12.5. The Hall–Kier alpha value is -2.34. The first kappa shape index (κ1) is 21.0. The van der Waals surface area contributed by atoms with E-state index in [9.17, 15) is 4.79 Å². The second-order valence-electron chi connectivity index (χ2n) is 6.27. The Kier molecular flexibility index (Phi) is 7.85. The Morgan fingerprint density at radius 2 is 1.85 bits per heavy atom. The molecule has 2 aromatic carbocycles. The molecule has 1 N–H and O–H groups in total. The fourth-order valence-corrected chi connectivity index (χ4v) is 2.98. The molecule has 144 valence electrons. The number of nitrogens with zero attached hydrogens (tertiary/aromatic N) is 2. The lowest BCUT2D eigenvalue weighted by atomic mass is 10.2. The molecule has 6 heteroatoms. The summed E-state index contributed by atoms with van der Waals surface area (Å²) in [5.41, 5.74) is 5.09. The maximum atomic E-state index is 12.5. The first-order valence-electron chi connectivity index (χ1n) is 9.09. The largest absolute Gasteiger partial charge is 0.490 e. The summed E-state index contributed by atoms with van der Waals surface area (Å²) in [6.07, 6.45) is 1.61. The number of rotatable bonds is 8. The lowest BCUT2D eigenvalue weighted by Gasteiger charge is -2.20. The van der Waals surface area contributed by atoms with Crippen molar-refractivity contribution in [2.75, 3.05) is 18.0 Å². The molecule has 0 saturated carbocycles. The molecule has 0 saturated heterocycles. The Morgan fingerprint density at radius 1 is 1.19 bits per heavy atom. The average Bonchev–Trinajstić information content (AvgIpc) is 2.65. The first-order valence-corrected chi connectivity index (χ1v) is 9.88. The second kappa shape index (κ2) is 10.1. The van der Waals surface area contributed by atoms with Gasteiger partial charge < -0.3 is 9.64 Å². The van der Waals surface area contributed by atoms with Gasteiger partial charge in [-0.25, -0.2) is 5.43 Å². The van der Waals surface area contributed by atoms with Gasteiger partial charge in [0.15, 0.2) is 0 Å². The third-order valence-electron chi connectivity index (χ3n) is 3.95. The summed E-state index contributed by atoms with van der Waals surface area (Å²) in [6.45, 7) is 10.0. The van der Waals surface area contributed by atoms with E-state index in [1.165, 1.54) is 5.69 Å². The second-order valence-corrected chi connectivity index (χ2v) is 7.19. The lowest BCUT2D eigenvalue weighted by Crippen LogP contribution is -2.21. The summed E-state index contributed by atoms with van der Waals surface area (Å²) in [5.74, 6) is 0.215. The Bertz CT molecular complexity index is 785. The highest BCUT2D eigenvalue weighted by Crippen LogP contribution is 2.24. The van der Waals surface area contributed by atoms with Crippen LogP contribution >= 0.6 is 15.9 Å². The zero-order valence-electron chi connectivity index (χ0n) is 16.2. The van der Waals surface area contributed by atoms with Gasteiger partial charge in [-0.3, -0.25) is 4.79 Å². The molecule has 2 aromatic rings. The van der Waals surface area contributed by atoms with Crippen molar-refractivity contribution in [3.05, 3.63) is 58.1 Å². The highest BCUT2D eigenvalue weighted by atomic mass is 79.9. The van der Waals surface area contributed by atoms with Gasteiger partial charge >= 0.3 is 0 Å². The zero-order valence-corrected chi connectivity index (χ0v) is 17.8. The molecule has 0 aliphatic carbocycles. The van der Waals surface area contributed by atoms with Crippen molar-refractivity contribution in [1.82, 2.24) is 5.43 Å². The molecule has 2 rings (SSSR count). The standard InChI is InChI=1S/C21H26BrN3O2/c1-5-25(6-2)18-10-7-16(8-11-18)14-23-24-21(26)19-13-17(22)9-12-20(19)27-15(3)4/h7-15H,5-6H2,1-4H3,(H,24,26). The Labute approximate surface area is 169 Å². The molecule has 5 nitrogen and oxygen atoms in total. The van der Waals surface area contributed by atoms with Gasteiger partial charge in [0.2, 0.25) is 0 Å². The van der Waals surface area contributed by atoms with Crippen LogP contribution in [-0.4, -0.2) is 31.3 Å². The lowest BCUT2D eigenvalue weighted by molar-refractivity contribution is 0.0949. The molecule has 0 fully saturated rings. The molecular weight excluding hydrogens is 406 g/mol. The van der Waals surface area contributed by atoms with Gasteiger partial charge in [-0.15, -0.1) is 0 Å². The monoisotopic (exact) mass is 431 g/mol. The van der Waals surface area contributed by atoms with Crippen molar-refractivity contribution in [1.29, 1.82) is 0 Å². The highest BCUT2D eigenvalue weighted by molar-refractivity contribution is 9.10. The molecule has 0 heterocycles. The highest BCUT2D eigenvalue weighted by Gasteiger charge is 2.14. The van der Waals surface area contributed by atoms with Crippen LogP contribution < -0.4 is 15.1 Å². The van der Waals surface area contributed by atoms with Gasteiger partial charge in [-0.2, -0.15) is 5.10 Å². The number of hydrogen-bond donors (Lipinski definition) is 1. The molecule has 0 bridgehead atoms. The van der Waals surface area contributed by atoms with E-state index in [-0.39, 0.29) is 12.0 Å². The van der Waals surface area contributed by atoms with Crippen LogP contribution in [0.3, 0.4) is 0 Å². The number of nitrogens with one attached hydrogen (secondary N) is 1. The van der Waals surface area contributed by atoms with Gasteiger partial charge in [0, 0.05) is 23.2 Å². The molecular formula is C21H26BrN3O2. The molecule has 0 spiro atoms. The van der Waals surface area contributed by atoms with Crippen LogP contribution in [0.4, 0.5) is 5.69 Å². The number of anilines is 1. The van der Waals surface area contributed by atoms with Crippen molar-refractivity contribution in [3.8, 4) is 5.75 Å². The van der Waals surface area contributed by atoms with Crippen LogP contribution in [0.15, 0.2) is 52.0 Å². The van der Waals surface area contributed by atoms with Crippen LogP contribution in [0.2, 0.25) is 0 Å². The number of benzene rings is 2. The SMILES string of the molecule is CCN(CC)c1ccc(C=NNC(=O)c2cc(Br)ccc2OC(C)C)cc1. The third kappa shape index (κ3) is 6.10. The van der Waals surface area contributed by atoms with Crippen LogP contribution in [0.5, 0.6) is 5.75 Å². The van der Waals surface area contributed by atoms with E-state index in [1.54, 1.807) is 18.3 Å². The summed E-state index contributed by atoms with van der Waals surface area (Å²) in [5, 5.41) is 4.07. The summed E-state index contributed by atoms with van der Waals surface area (Å²) in [7, 11) is 0. The van der Waals surface area contributed by atoms with Crippen LogP contribution in [-0.2, 0) is 0 Å². The van der Waals surface area contributed by atoms with Gasteiger partial charge in [-0.1, -0.05) is 28.1 Å². The number of carbonyl (C=O) groups excluding carboxylic acids is 1. The minimum Gasteiger partial charge on any atom is -0.490 e. The summed E-state index contributed by atoms with van der Waals surface area (Å²) < 4.78 is 6.51. The van der Waals surface area contributed by atoms with Crippen molar-refractivity contribution in [3.63, 3.8) is 0 Å². The molecule has 1 amide bonds. The average molecular weight is 432 g/mol. The number of carbonyl (C=O) groups is 1. The Morgan fingerprint density at radius 3 is 2.44 bits per heavy atom. The fourth-order valence-electron chi connectivity index (χ4n) is 2.62. The number of ether oxygens (including phenoxy) is 1. The van der Waals surface area contributed by atoms with Crippen molar-refractivity contribution < 1.29 is 9.53 Å². The molecule has 0 aliphatic rings. The number of hydrogen-bond acceptors (Lipinski definition) is 4. The van der Waals surface area contributed by atoms with Crippen molar-refractivity contribution >= 4 is 33.7 Å². The van der Waals surface area contributed by atoms with Crippen molar-refractivity contribution in [2.45, 2.75) is 33.8 Å². The predicted molar refractivity (Wildman–Crippen MR) is 115 cm³/mol. The molecule has 0 aliphatic heterocycles. The van der Waals surface area contributed by atoms with Gasteiger partial charge in [0.25, 0.3) is 5.91 Å². The summed E-state index contributed by atoms with van der Waals surface area (Å²) in [6, 6.07) is 13.4. The topological polar surface area (TPSA) is 53.9 Å². The van der Waals surface area contributed by atoms with E-state index >= 15 is 0 Å². The van der Waals surface area contributed by atoms with Crippen LogP contribution in [0.25, 0.3) is 0 Å². The van der Waals surface area contributed by atoms with Gasteiger partial charge in [-0.05, 0) is 63.6 Å². The smallest absolute Gasteiger partial charge is 0.275 e. The minimum absolute atomic E-state index is 0.0226. The number of hydrazone groups is 1. The van der Waals surface area contributed by atoms with Crippen LogP contribution in [0.1, 0.15) is 43.6 Å². The van der Waals surface area contributed by atoms with Crippen LogP contribution in [0, 0.1) is 0 Å². The number of halogens is 1. The Balaban J connectivity index is 2.06. The molecule has 0 radical (unpaired) electrons. The summed E-state index contributed by atoms with van der Waals surface area (Å²) in [4.78, 5) is 14.7. The van der Waals surface area contributed by atoms with E-state index in [0.29, 0.717) is 11.3 Å². The van der Waals surface area contributed by atoms with Crippen molar-refractivity contribution in [2.24, 2.45) is 5.10 Å². The van der Waals surface area contributed by atoms with E-state index in [1.807, 2.05) is 32.0 Å². The first-order chi connectivity index (χ1) is 12.9. The maximum Gasteiger partial charge on any atom is 0.275 e. The van der Waals surface area contributed by atoms with E-state index in [4.69, 9.17) is 4.74 Å². The molecule has 0 atom stereocenters. The fraction of sp³-hybridized carbons (Fsp3) is 0.333. The summed E-state index contributed by atoms with van der Waals surface area (Å²) >= 11 is 3.39. The molecule has 27 heavy (non-hydrogen) atoms. The zero-order chi connectivity index (χ0) is 19.8. The number of amides is 1. The molecule has 0 aromatic heterocycles.